The molecule has 1 unspecified atom stereocenters. The van der Waals surface area contributed by atoms with Crippen molar-refractivity contribution in [3.05, 3.63) is 29.8 Å². The van der Waals surface area contributed by atoms with Crippen molar-refractivity contribution in [1.29, 1.82) is 5.26 Å². The molecule has 0 saturated heterocycles. The van der Waals surface area contributed by atoms with E-state index in [1.807, 2.05) is 11.8 Å². The molecule has 0 spiro atoms. The molecule has 1 fully saturated rings. The number of thioether (sulfide) groups is 1. The Morgan fingerprint density at radius 2 is 2.05 bits per heavy atom. The van der Waals surface area contributed by atoms with Gasteiger partial charge in [-0.2, -0.15) is 5.26 Å². The van der Waals surface area contributed by atoms with E-state index >= 15 is 0 Å². The Labute approximate surface area is 126 Å². The number of nitriles is 1. The fourth-order valence-electron chi connectivity index (χ4n) is 3.87. The summed E-state index contributed by atoms with van der Waals surface area (Å²) in [6, 6.07) is 11.5. The van der Waals surface area contributed by atoms with E-state index in [4.69, 9.17) is 0 Å². The van der Waals surface area contributed by atoms with Crippen LogP contribution in [0.1, 0.15) is 56.9 Å². The zero-order valence-corrected chi connectivity index (χ0v) is 13.1. The van der Waals surface area contributed by atoms with Crippen LogP contribution in [0.2, 0.25) is 0 Å². The smallest absolute Gasteiger partial charge is 0.0689 e. The van der Waals surface area contributed by atoms with E-state index in [0.29, 0.717) is 5.92 Å². The Balaban J connectivity index is 1.73. The zero-order valence-electron chi connectivity index (χ0n) is 12.3. The van der Waals surface area contributed by atoms with Crippen molar-refractivity contribution in [2.45, 2.75) is 56.3 Å². The predicted octanol–water partition coefficient (Wildman–Crippen LogP) is 5.38. The number of hydrogen-bond acceptors (Lipinski definition) is 2. The first kappa shape index (κ1) is 14.0. The van der Waals surface area contributed by atoms with Crippen molar-refractivity contribution >= 4 is 11.8 Å². The van der Waals surface area contributed by atoms with E-state index in [1.54, 1.807) is 0 Å². The maximum Gasteiger partial charge on any atom is 0.0689 e. The first-order valence-corrected chi connectivity index (χ1v) is 8.88. The second-order valence-electron chi connectivity index (χ2n) is 6.49. The maximum absolute atomic E-state index is 9.75. The second-order valence-corrected chi connectivity index (χ2v) is 7.56. The van der Waals surface area contributed by atoms with Crippen LogP contribution in [-0.2, 0) is 0 Å². The molecule has 0 amide bonds. The van der Waals surface area contributed by atoms with Crippen molar-refractivity contribution in [3.63, 3.8) is 0 Å². The third-order valence-corrected chi connectivity index (χ3v) is 6.56. The lowest BCUT2D eigenvalue weighted by Crippen LogP contribution is -2.28. The van der Waals surface area contributed by atoms with Gasteiger partial charge in [-0.3, -0.25) is 0 Å². The van der Waals surface area contributed by atoms with E-state index in [1.165, 1.54) is 35.5 Å². The van der Waals surface area contributed by atoms with E-state index in [-0.39, 0.29) is 5.41 Å². The Hall–Kier alpha value is -0.940. The quantitative estimate of drug-likeness (QED) is 0.744. The monoisotopic (exact) mass is 285 g/mol. The summed E-state index contributed by atoms with van der Waals surface area (Å²) in [5, 5.41) is 9.75. The van der Waals surface area contributed by atoms with Gasteiger partial charge in [0.15, 0.2) is 0 Å². The van der Waals surface area contributed by atoms with Gasteiger partial charge in [0.2, 0.25) is 0 Å². The third-order valence-electron chi connectivity index (χ3n) is 5.31. The minimum absolute atomic E-state index is 0.0473. The summed E-state index contributed by atoms with van der Waals surface area (Å²) in [6.45, 7) is 2.29. The summed E-state index contributed by atoms with van der Waals surface area (Å²) in [4.78, 5) is 1.44. The van der Waals surface area contributed by atoms with Crippen molar-refractivity contribution in [1.82, 2.24) is 0 Å². The predicted molar refractivity (Wildman–Crippen MR) is 84.8 cm³/mol. The maximum atomic E-state index is 9.75. The Kier molecular flexibility index (Phi) is 4.08. The summed E-state index contributed by atoms with van der Waals surface area (Å²) in [5.74, 6) is 2.62. The SMILES string of the molecule is CCC1CCC(C#N)(CC2CSc3ccccc32)CC1. The number of nitrogens with zero attached hydrogens (tertiary/aromatic N) is 1. The van der Waals surface area contributed by atoms with Crippen LogP contribution in [0, 0.1) is 22.7 Å². The van der Waals surface area contributed by atoms with Gasteiger partial charge in [-0.15, -0.1) is 11.8 Å². The van der Waals surface area contributed by atoms with Crippen LogP contribution in [0.25, 0.3) is 0 Å². The molecule has 3 rings (SSSR count). The van der Waals surface area contributed by atoms with E-state index < -0.39 is 0 Å². The molecule has 1 saturated carbocycles. The lowest BCUT2D eigenvalue weighted by Gasteiger charge is -2.36. The molecule has 1 heterocycles. The minimum Gasteiger partial charge on any atom is -0.198 e. The van der Waals surface area contributed by atoms with Gasteiger partial charge >= 0.3 is 0 Å². The summed E-state index contributed by atoms with van der Waals surface area (Å²) >= 11 is 1.97. The van der Waals surface area contributed by atoms with Crippen molar-refractivity contribution in [2.75, 3.05) is 5.75 Å². The van der Waals surface area contributed by atoms with Gasteiger partial charge in [-0.1, -0.05) is 31.5 Å². The molecule has 2 aliphatic rings. The van der Waals surface area contributed by atoms with Crippen LogP contribution in [0.3, 0.4) is 0 Å². The van der Waals surface area contributed by atoms with Gasteiger partial charge < -0.3 is 0 Å². The lowest BCUT2D eigenvalue weighted by atomic mass is 9.66. The molecule has 0 aromatic heterocycles. The van der Waals surface area contributed by atoms with Gasteiger partial charge in [0, 0.05) is 10.6 Å². The minimum atomic E-state index is -0.0473. The molecular formula is C18H23NS. The van der Waals surface area contributed by atoms with Crippen LogP contribution < -0.4 is 0 Å². The highest BCUT2D eigenvalue weighted by Gasteiger charge is 2.39. The van der Waals surface area contributed by atoms with E-state index in [0.717, 1.165) is 25.2 Å². The fourth-order valence-corrected chi connectivity index (χ4v) is 5.12. The van der Waals surface area contributed by atoms with Crippen LogP contribution in [0.5, 0.6) is 0 Å². The average molecular weight is 285 g/mol. The van der Waals surface area contributed by atoms with Crippen molar-refractivity contribution < 1.29 is 0 Å². The largest absolute Gasteiger partial charge is 0.198 e. The first-order valence-electron chi connectivity index (χ1n) is 7.89. The molecule has 1 aliphatic carbocycles. The highest BCUT2D eigenvalue weighted by atomic mass is 32.2. The molecule has 106 valence electrons. The molecule has 0 radical (unpaired) electrons. The standard InChI is InChI=1S/C18H23NS/c1-2-14-7-9-18(13-19,10-8-14)11-15-12-20-17-6-4-3-5-16(15)17/h3-6,14-15H,2,7-12H2,1H3. The second kappa shape index (κ2) is 5.82. The molecule has 2 heteroatoms. The summed E-state index contributed by atoms with van der Waals surface area (Å²) in [7, 11) is 0. The first-order chi connectivity index (χ1) is 9.76. The number of fused-ring (bicyclic) bond motifs is 1. The molecule has 1 nitrogen and oxygen atoms in total. The van der Waals surface area contributed by atoms with Crippen LogP contribution in [0.15, 0.2) is 29.2 Å². The lowest BCUT2D eigenvalue weighted by molar-refractivity contribution is 0.186. The topological polar surface area (TPSA) is 23.8 Å². The van der Waals surface area contributed by atoms with Crippen LogP contribution >= 0.6 is 11.8 Å². The van der Waals surface area contributed by atoms with E-state index in [9.17, 15) is 5.26 Å². The third kappa shape index (κ3) is 2.61. The highest BCUT2D eigenvalue weighted by Crippen LogP contribution is 2.50. The average Bonchev–Trinajstić information content (AvgIpc) is 2.91. The number of hydrogen-bond donors (Lipinski definition) is 0. The van der Waals surface area contributed by atoms with Crippen molar-refractivity contribution in [2.24, 2.45) is 11.3 Å². The summed E-state index contributed by atoms with van der Waals surface area (Å²) in [6.07, 6.45) is 7.10. The van der Waals surface area contributed by atoms with Gasteiger partial charge in [-0.25, -0.2) is 0 Å². The summed E-state index contributed by atoms with van der Waals surface area (Å²) in [5.41, 5.74) is 1.44. The number of rotatable bonds is 3. The molecule has 20 heavy (non-hydrogen) atoms. The van der Waals surface area contributed by atoms with Gasteiger partial charge in [0.25, 0.3) is 0 Å². The molecular weight excluding hydrogens is 262 g/mol. The molecule has 1 aromatic carbocycles. The Morgan fingerprint density at radius 3 is 2.75 bits per heavy atom. The van der Waals surface area contributed by atoms with E-state index in [2.05, 4.69) is 37.3 Å². The molecule has 1 atom stereocenters. The molecule has 0 N–H and O–H groups in total. The van der Waals surface area contributed by atoms with Gasteiger partial charge in [-0.05, 0) is 55.6 Å². The highest BCUT2D eigenvalue weighted by molar-refractivity contribution is 7.99. The molecule has 1 aliphatic heterocycles. The Morgan fingerprint density at radius 1 is 1.30 bits per heavy atom. The van der Waals surface area contributed by atoms with Crippen molar-refractivity contribution in [3.8, 4) is 6.07 Å². The fraction of sp³-hybridized carbons (Fsp3) is 0.611. The Bertz CT molecular complexity index is 508. The normalized spacial score (nSPS) is 32.6. The van der Waals surface area contributed by atoms with Gasteiger partial charge in [0.05, 0.1) is 11.5 Å². The van der Waals surface area contributed by atoms with Gasteiger partial charge in [0.1, 0.15) is 0 Å². The molecule has 0 bridgehead atoms. The zero-order chi connectivity index (χ0) is 14.0. The molecule has 1 aromatic rings. The van der Waals surface area contributed by atoms with Crippen LogP contribution in [0.4, 0.5) is 0 Å². The number of benzene rings is 1. The summed E-state index contributed by atoms with van der Waals surface area (Å²) < 4.78 is 0. The van der Waals surface area contributed by atoms with Crippen LogP contribution in [-0.4, -0.2) is 5.75 Å².